The Morgan fingerprint density at radius 3 is 0.800 bits per heavy atom. The molecule has 0 radical (unpaired) electrons. The summed E-state index contributed by atoms with van der Waals surface area (Å²) in [5.41, 5.74) is 0. The van der Waals surface area contributed by atoms with Gasteiger partial charge in [-0.1, -0.05) is 304 Å². The van der Waals surface area contributed by atoms with E-state index >= 15 is 0 Å². The second-order valence-electron chi connectivity index (χ2n) is 22.4. The molecular formula is C74H126O6. The molecule has 0 heterocycles. The highest BCUT2D eigenvalue weighted by Crippen LogP contribution is 2.17. The summed E-state index contributed by atoms with van der Waals surface area (Å²) in [4.78, 5) is 38.4. The van der Waals surface area contributed by atoms with E-state index in [9.17, 15) is 14.4 Å². The predicted octanol–water partition coefficient (Wildman–Crippen LogP) is 23.4. The molecule has 0 aliphatic carbocycles. The molecule has 0 spiro atoms. The van der Waals surface area contributed by atoms with Crippen molar-refractivity contribution in [2.75, 3.05) is 13.2 Å². The largest absolute Gasteiger partial charge is 0.462 e. The summed E-state index contributed by atoms with van der Waals surface area (Å²) in [6, 6.07) is 0. The van der Waals surface area contributed by atoms with Gasteiger partial charge in [-0.25, -0.2) is 0 Å². The second kappa shape index (κ2) is 67.6. The van der Waals surface area contributed by atoms with Crippen LogP contribution in [0.5, 0.6) is 0 Å². The minimum atomic E-state index is -0.800. The monoisotopic (exact) mass is 1110 g/mol. The lowest BCUT2D eigenvalue weighted by Gasteiger charge is -2.18. The number of carbonyl (C=O) groups excluding carboxylic acids is 3. The number of rotatable bonds is 61. The van der Waals surface area contributed by atoms with Crippen molar-refractivity contribution in [1.29, 1.82) is 0 Å². The van der Waals surface area contributed by atoms with Gasteiger partial charge in [0.05, 0.1) is 0 Å². The molecule has 0 fully saturated rings. The molecule has 1 unspecified atom stereocenters. The van der Waals surface area contributed by atoms with Crippen molar-refractivity contribution < 1.29 is 28.6 Å². The van der Waals surface area contributed by atoms with Crippen LogP contribution < -0.4 is 0 Å². The van der Waals surface area contributed by atoms with Crippen LogP contribution in [0, 0.1) is 0 Å². The zero-order chi connectivity index (χ0) is 57.8. The van der Waals surface area contributed by atoms with E-state index in [2.05, 4.69) is 130 Å². The Morgan fingerprint density at radius 1 is 0.263 bits per heavy atom. The standard InChI is InChI=1S/C74H126O6/c1-4-7-10-13-16-19-22-25-28-31-33-34-35-36-37-38-39-40-41-44-46-49-52-55-58-61-64-67-73(76)79-70-71(69-78-72(75)66-63-60-57-54-51-48-45-42-30-27-24-21-18-15-12-9-6-3)80-74(77)68-65-62-59-56-53-50-47-43-32-29-26-23-20-17-14-11-8-5-2/h7,10,16,19,25,28-29,32-34,36-37,39-40,44,46,52,55,71H,4-6,8-9,11-15,17-18,20-24,26-27,30-31,35,38,41-43,45,47-51,53-54,56-70H2,1-3H3/b10-7-,19-16-,28-25-,32-29-,34-33-,37-36-,40-39-,46-44-,55-52-. The van der Waals surface area contributed by atoms with Gasteiger partial charge in [0, 0.05) is 19.3 Å². The van der Waals surface area contributed by atoms with Crippen molar-refractivity contribution in [3.63, 3.8) is 0 Å². The van der Waals surface area contributed by atoms with E-state index in [0.717, 1.165) is 109 Å². The smallest absolute Gasteiger partial charge is 0.306 e. The number of unbranched alkanes of at least 4 members (excludes halogenated alkanes) is 32. The molecule has 0 aromatic rings. The highest BCUT2D eigenvalue weighted by atomic mass is 16.6. The third-order valence-corrected chi connectivity index (χ3v) is 14.5. The van der Waals surface area contributed by atoms with Crippen LogP contribution in [-0.4, -0.2) is 37.2 Å². The van der Waals surface area contributed by atoms with Gasteiger partial charge < -0.3 is 14.2 Å². The maximum Gasteiger partial charge on any atom is 0.306 e. The summed E-state index contributed by atoms with van der Waals surface area (Å²) >= 11 is 0. The van der Waals surface area contributed by atoms with Crippen LogP contribution in [-0.2, 0) is 28.6 Å². The summed E-state index contributed by atoms with van der Waals surface area (Å²) in [6.07, 6.45) is 92.4. The van der Waals surface area contributed by atoms with Crippen LogP contribution >= 0.6 is 0 Å². The zero-order valence-electron chi connectivity index (χ0n) is 52.6. The predicted molar refractivity (Wildman–Crippen MR) is 348 cm³/mol. The number of ether oxygens (including phenoxy) is 3. The van der Waals surface area contributed by atoms with Gasteiger partial charge in [-0.15, -0.1) is 0 Å². The Balaban J connectivity index is 4.45. The fourth-order valence-electron chi connectivity index (χ4n) is 9.45. The van der Waals surface area contributed by atoms with Gasteiger partial charge in [-0.3, -0.25) is 14.4 Å². The highest BCUT2D eigenvalue weighted by Gasteiger charge is 2.19. The van der Waals surface area contributed by atoms with Crippen molar-refractivity contribution in [2.45, 2.75) is 329 Å². The molecule has 0 saturated heterocycles. The number of hydrogen-bond donors (Lipinski definition) is 0. The summed E-state index contributed by atoms with van der Waals surface area (Å²) < 4.78 is 16.9. The minimum absolute atomic E-state index is 0.0915. The van der Waals surface area contributed by atoms with Crippen LogP contribution in [0.2, 0.25) is 0 Å². The Kier molecular flexibility index (Phi) is 64.3. The number of esters is 3. The van der Waals surface area contributed by atoms with Gasteiger partial charge in [0.15, 0.2) is 6.10 Å². The fraction of sp³-hybridized carbons (Fsp3) is 0.716. The third kappa shape index (κ3) is 64.9. The van der Waals surface area contributed by atoms with Crippen LogP contribution in [0.25, 0.3) is 0 Å². The topological polar surface area (TPSA) is 78.9 Å². The van der Waals surface area contributed by atoms with E-state index in [-0.39, 0.29) is 31.1 Å². The van der Waals surface area contributed by atoms with Gasteiger partial charge in [-0.2, -0.15) is 0 Å². The average molecular weight is 1110 g/mol. The molecule has 0 bridgehead atoms. The third-order valence-electron chi connectivity index (χ3n) is 14.5. The lowest BCUT2D eigenvalue weighted by Crippen LogP contribution is -2.30. The molecule has 0 aliphatic rings. The lowest BCUT2D eigenvalue weighted by molar-refractivity contribution is -0.167. The van der Waals surface area contributed by atoms with E-state index in [4.69, 9.17) is 14.2 Å². The SMILES string of the molecule is CC/C=C\C/C=C\C/C=C\C/C=C\C/C=C\C/C=C\C/C=C\C/C=C\CCCCC(=O)OCC(COC(=O)CCCCCCCCCCCCCCCCCCC)OC(=O)CCCCCCCCC/C=C\CCCCCCCCC. The minimum Gasteiger partial charge on any atom is -0.462 e. The first-order valence-corrected chi connectivity index (χ1v) is 33.9. The van der Waals surface area contributed by atoms with Crippen LogP contribution in [0.3, 0.4) is 0 Å². The molecule has 0 N–H and O–H groups in total. The van der Waals surface area contributed by atoms with E-state index in [1.807, 2.05) is 0 Å². The first kappa shape index (κ1) is 76.1. The van der Waals surface area contributed by atoms with Crippen LogP contribution in [0.4, 0.5) is 0 Å². The zero-order valence-corrected chi connectivity index (χ0v) is 52.6. The van der Waals surface area contributed by atoms with Crippen LogP contribution in [0.1, 0.15) is 323 Å². The Hall–Kier alpha value is -3.93. The number of hydrogen-bond acceptors (Lipinski definition) is 6. The van der Waals surface area contributed by atoms with E-state index in [1.54, 1.807) is 0 Å². The van der Waals surface area contributed by atoms with Gasteiger partial charge >= 0.3 is 17.9 Å². The normalized spacial score (nSPS) is 12.8. The maximum atomic E-state index is 12.9. The first-order valence-electron chi connectivity index (χ1n) is 33.9. The van der Waals surface area contributed by atoms with Crippen molar-refractivity contribution >= 4 is 17.9 Å². The van der Waals surface area contributed by atoms with E-state index in [0.29, 0.717) is 19.3 Å². The fourth-order valence-corrected chi connectivity index (χ4v) is 9.45. The highest BCUT2D eigenvalue weighted by molar-refractivity contribution is 5.71. The van der Waals surface area contributed by atoms with Crippen molar-refractivity contribution in [1.82, 2.24) is 0 Å². The van der Waals surface area contributed by atoms with Gasteiger partial charge in [0.25, 0.3) is 0 Å². The Morgan fingerprint density at radius 2 is 0.487 bits per heavy atom. The quantitative estimate of drug-likeness (QED) is 0.0261. The summed E-state index contributed by atoms with van der Waals surface area (Å²) in [5.74, 6) is -0.929. The molecule has 458 valence electrons. The lowest BCUT2D eigenvalue weighted by atomic mass is 10.0. The first-order chi connectivity index (χ1) is 39.5. The van der Waals surface area contributed by atoms with E-state index < -0.39 is 6.10 Å². The summed E-state index contributed by atoms with van der Waals surface area (Å²) in [7, 11) is 0. The van der Waals surface area contributed by atoms with Gasteiger partial charge in [-0.05, 0) is 109 Å². The molecule has 80 heavy (non-hydrogen) atoms. The molecule has 0 rings (SSSR count). The molecule has 6 nitrogen and oxygen atoms in total. The van der Waals surface area contributed by atoms with Crippen molar-refractivity contribution in [3.05, 3.63) is 109 Å². The molecule has 1 atom stereocenters. The molecule has 0 aromatic carbocycles. The molecule has 0 aromatic heterocycles. The Bertz CT molecular complexity index is 1610. The van der Waals surface area contributed by atoms with Gasteiger partial charge in [0.2, 0.25) is 0 Å². The molecular weight excluding hydrogens is 985 g/mol. The molecule has 0 saturated carbocycles. The van der Waals surface area contributed by atoms with Crippen molar-refractivity contribution in [2.24, 2.45) is 0 Å². The van der Waals surface area contributed by atoms with Gasteiger partial charge in [0.1, 0.15) is 13.2 Å². The number of carbonyl (C=O) groups is 3. The molecule has 0 amide bonds. The molecule has 0 aliphatic heterocycles. The van der Waals surface area contributed by atoms with Crippen molar-refractivity contribution in [3.8, 4) is 0 Å². The van der Waals surface area contributed by atoms with E-state index in [1.165, 1.54) is 173 Å². The summed E-state index contributed by atoms with van der Waals surface area (Å²) in [5, 5.41) is 0. The Labute approximate surface area is 495 Å². The average Bonchev–Trinajstić information content (AvgIpc) is 3.46. The molecule has 6 heteroatoms. The van der Waals surface area contributed by atoms with Crippen LogP contribution in [0.15, 0.2) is 109 Å². The second-order valence-corrected chi connectivity index (χ2v) is 22.4. The maximum absolute atomic E-state index is 12.9. The number of allylic oxidation sites excluding steroid dienone is 18. The summed E-state index contributed by atoms with van der Waals surface area (Å²) in [6.45, 7) is 6.52.